The van der Waals surface area contributed by atoms with Gasteiger partial charge in [-0.3, -0.25) is 9.48 Å². The summed E-state index contributed by atoms with van der Waals surface area (Å²) in [7, 11) is 1.90. The molecule has 0 aromatic carbocycles. The molecule has 0 spiro atoms. The van der Waals surface area contributed by atoms with E-state index < -0.39 is 0 Å². The van der Waals surface area contributed by atoms with E-state index in [0.29, 0.717) is 12.5 Å². The molecule has 8 nitrogen and oxygen atoms in total. The van der Waals surface area contributed by atoms with Gasteiger partial charge in [0.25, 0.3) is 0 Å². The van der Waals surface area contributed by atoms with Crippen molar-refractivity contribution in [3.8, 4) is 0 Å². The van der Waals surface area contributed by atoms with E-state index in [1.54, 1.807) is 4.68 Å². The lowest BCUT2D eigenvalue weighted by atomic mass is 9.90. The Morgan fingerprint density at radius 2 is 2.19 bits per heavy atom. The largest absolute Gasteiger partial charge is 0.346 e. The van der Waals surface area contributed by atoms with Gasteiger partial charge in [0.05, 0.1) is 18.2 Å². The van der Waals surface area contributed by atoms with Gasteiger partial charge in [0, 0.05) is 44.7 Å². The first-order valence-corrected chi connectivity index (χ1v) is 9.47. The summed E-state index contributed by atoms with van der Waals surface area (Å²) < 4.78 is 3.76. The molecule has 0 saturated carbocycles. The zero-order valence-corrected chi connectivity index (χ0v) is 16.9. The number of nitrogens with zero attached hydrogens (tertiary/aromatic N) is 5. The first-order valence-electron chi connectivity index (χ1n) is 9.47. The molecule has 2 aliphatic heterocycles. The van der Waals surface area contributed by atoms with Crippen LogP contribution < -0.4 is 10.6 Å². The van der Waals surface area contributed by atoms with Gasteiger partial charge in [0.1, 0.15) is 5.82 Å². The maximum atomic E-state index is 13.0. The third-order valence-corrected chi connectivity index (χ3v) is 5.43. The summed E-state index contributed by atoms with van der Waals surface area (Å²) in [5, 5.41) is 15.5. The van der Waals surface area contributed by atoms with Crippen LogP contribution in [0.5, 0.6) is 0 Å². The molecule has 0 radical (unpaired) electrons. The number of carbonyl (C=O) groups is 1. The van der Waals surface area contributed by atoms with Gasteiger partial charge in [-0.2, -0.15) is 10.2 Å². The smallest absolute Gasteiger partial charge is 0.225 e. The number of aryl methyl sites for hydroxylation is 2. The van der Waals surface area contributed by atoms with Gasteiger partial charge in [0.2, 0.25) is 5.91 Å². The second-order valence-corrected chi connectivity index (χ2v) is 7.73. The summed E-state index contributed by atoms with van der Waals surface area (Å²) in [6, 6.07) is -0.0496. The quantitative estimate of drug-likeness (QED) is 0.821. The van der Waals surface area contributed by atoms with E-state index in [-0.39, 0.29) is 36.2 Å². The van der Waals surface area contributed by atoms with Crippen molar-refractivity contribution in [2.75, 3.05) is 13.1 Å². The number of fused-ring (bicyclic) bond motifs is 1. The number of hydrogen-bond donors (Lipinski definition) is 2. The van der Waals surface area contributed by atoms with E-state index in [0.717, 1.165) is 43.1 Å². The van der Waals surface area contributed by atoms with Gasteiger partial charge < -0.3 is 10.6 Å². The summed E-state index contributed by atoms with van der Waals surface area (Å²) in [6.45, 7) is 6.57. The number of nitrogens with one attached hydrogen (secondary N) is 2. The lowest BCUT2D eigenvalue weighted by Crippen LogP contribution is -2.39. The van der Waals surface area contributed by atoms with Crippen LogP contribution in [0.3, 0.4) is 0 Å². The molecule has 1 saturated heterocycles. The Balaban J connectivity index is 0.00000210. The number of amides is 1. The third kappa shape index (κ3) is 3.87. The number of halogens is 1. The lowest BCUT2D eigenvalue weighted by Gasteiger charge is -2.25. The molecule has 148 valence electrons. The molecule has 9 heteroatoms. The van der Waals surface area contributed by atoms with Gasteiger partial charge in [-0.15, -0.1) is 12.4 Å². The first-order chi connectivity index (χ1) is 12.5. The molecule has 4 rings (SSSR count). The van der Waals surface area contributed by atoms with Crippen molar-refractivity contribution in [3.63, 3.8) is 0 Å². The Labute approximate surface area is 165 Å². The molecular weight excluding hydrogens is 366 g/mol. The van der Waals surface area contributed by atoms with Crippen LogP contribution in [-0.4, -0.2) is 43.5 Å². The van der Waals surface area contributed by atoms with Gasteiger partial charge >= 0.3 is 0 Å². The van der Waals surface area contributed by atoms with E-state index in [4.69, 9.17) is 4.98 Å². The zero-order chi connectivity index (χ0) is 18.3. The fourth-order valence-corrected chi connectivity index (χ4v) is 3.97. The Hall–Kier alpha value is -1.93. The third-order valence-electron chi connectivity index (χ3n) is 5.43. The molecule has 27 heavy (non-hydrogen) atoms. The standard InChI is InChI=1S/C18H27N7O.ClH/c1-11(2)16-22-17-15(5-4-6-25(17)23-16)21-18(26)14-9-19-8-13(14)12-7-20-24(3)10-12;/h7,10-11,13-15,19H,4-6,8-9H2,1-3H3,(H,21,26);1H/t13-,14+,15?;/m1./s1. The molecule has 2 aromatic heterocycles. The second kappa shape index (κ2) is 7.98. The predicted octanol–water partition coefficient (Wildman–Crippen LogP) is 1.51. The van der Waals surface area contributed by atoms with Crippen LogP contribution in [0.15, 0.2) is 12.4 Å². The fourth-order valence-electron chi connectivity index (χ4n) is 3.97. The first kappa shape index (κ1) is 19.8. The van der Waals surface area contributed by atoms with Gasteiger partial charge in [-0.1, -0.05) is 13.8 Å². The second-order valence-electron chi connectivity index (χ2n) is 7.73. The van der Waals surface area contributed by atoms with E-state index in [2.05, 4.69) is 34.7 Å². The normalized spacial score (nSPS) is 24.5. The predicted molar refractivity (Wildman–Crippen MR) is 104 cm³/mol. The minimum absolute atomic E-state index is 0. The summed E-state index contributed by atoms with van der Waals surface area (Å²) in [5.74, 6) is 2.22. The Bertz CT molecular complexity index is 799. The van der Waals surface area contributed by atoms with Crippen LogP contribution in [0.4, 0.5) is 0 Å². The van der Waals surface area contributed by atoms with Crippen LogP contribution in [-0.2, 0) is 18.4 Å². The molecule has 3 atom stereocenters. The Morgan fingerprint density at radius 3 is 2.89 bits per heavy atom. The summed E-state index contributed by atoms with van der Waals surface area (Å²) >= 11 is 0. The highest BCUT2D eigenvalue weighted by Crippen LogP contribution is 2.30. The van der Waals surface area contributed by atoms with Crippen molar-refractivity contribution in [1.29, 1.82) is 0 Å². The molecule has 2 aromatic rings. The number of carbonyl (C=O) groups excluding carboxylic acids is 1. The van der Waals surface area contributed by atoms with Gasteiger partial charge in [-0.05, 0) is 18.4 Å². The Kier molecular flexibility index (Phi) is 5.86. The van der Waals surface area contributed by atoms with Crippen LogP contribution in [0.1, 0.15) is 61.8 Å². The SMILES string of the molecule is CC(C)c1nc2n(n1)CCCC2NC(=O)[C@H]1CNC[C@@H]1c1cnn(C)c1.Cl. The maximum Gasteiger partial charge on any atom is 0.225 e. The van der Waals surface area contributed by atoms with Crippen molar-refractivity contribution >= 4 is 18.3 Å². The number of aromatic nitrogens is 5. The summed E-state index contributed by atoms with van der Waals surface area (Å²) in [5.41, 5.74) is 1.12. The topological polar surface area (TPSA) is 89.7 Å². The lowest BCUT2D eigenvalue weighted by molar-refractivity contribution is -0.125. The molecule has 0 aliphatic carbocycles. The number of hydrogen-bond acceptors (Lipinski definition) is 5. The molecule has 2 aliphatic rings. The maximum absolute atomic E-state index is 13.0. The summed E-state index contributed by atoms with van der Waals surface area (Å²) in [4.78, 5) is 17.7. The highest BCUT2D eigenvalue weighted by molar-refractivity contribution is 5.85. The molecule has 4 heterocycles. The molecule has 1 unspecified atom stereocenters. The van der Waals surface area contributed by atoms with E-state index >= 15 is 0 Å². The van der Waals surface area contributed by atoms with E-state index in [1.165, 1.54) is 0 Å². The van der Waals surface area contributed by atoms with Crippen LogP contribution in [0, 0.1) is 5.92 Å². The Morgan fingerprint density at radius 1 is 1.37 bits per heavy atom. The van der Waals surface area contributed by atoms with Crippen molar-refractivity contribution in [2.24, 2.45) is 13.0 Å². The van der Waals surface area contributed by atoms with E-state index in [1.807, 2.05) is 24.1 Å². The minimum Gasteiger partial charge on any atom is -0.346 e. The van der Waals surface area contributed by atoms with Gasteiger partial charge in [0.15, 0.2) is 5.82 Å². The zero-order valence-electron chi connectivity index (χ0n) is 16.1. The summed E-state index contributed by atoms with van der Waals surface area (Å²) in [6.07, 6.45) is 5.79. The van der Waals surface area contributed by atoms with Crippen LogP contribution >= 0.6 is 12.4 Å². The van der Waals surface area contributed by atoms with Crippen LogP contribution in [0.25, 0.3) is 0 Å². The van der Waals surface area contributed by atoms with Crippen molar-refractivity contribution in [1.82, 2.24) is 35.2 Å². The van der Waals surface area contributed by atoms with E-state index in [9.17, 15) is 4.79 Å². The molecule has 2 N–H and O–H groups in total. The minimum atomic E-state index is -0.0814. The van der Waals surface area contributed by atoms with Gasteiger partial charge in [-0.25, -0.2) is 9.67 Å². The average Bonchev–Trinajstić information content (AvgIpc) is 3.33. The molecule has 1 fully saturated rings. The molecule has 0 bridgehead atoms. The average molecular weight is 394 g/mol. The van der Waals surface area contributed by atoms with Crippen molar-refractivity contribution < 1.29 is 4.79 Å². The molecule has 1 amide bonds. The highest BCUT2D eigenvalue weighted by atomic mass is 35.5. The fraction of sp³-hybridized carbons (Fsp3) is 0.667. The van der Waals surface area contributed by atoms with Crippen molar-refractivity contribution in [2.45, 2.75) is 51.1 Å². The van der Waals surface area contributed by atoms with Crippen LogP contribution in [0.2, 0.25) is 0 Å². The number of rotatable bonds is 4. The molecular formula is C18H28ClN7O. The highest BCUT2D eigenvalue weighted by Gasteiger charge is 2.36. The monoisotopic (exact) mass is 393 g/mol. The van der Waals surface area contributed by atoms with Crippen molar-refractivity contribution in [3.05, 3.63) is 29.6 Å².